The summed E-state index contributed by atoms with van der Waals surface area (Å²) in [6.07, 6.45) is 9.99. The Balaban J connectivity index is 1.33. The van der Waals surface area contributed by atoms with Gasteiger partial charge in [-0.1, -0.05) is 73.4 Å². The number of rotatable bonds is 12. The van der Waals surface area contributed by atoms with Gasteiger partial charge < -0.3 is 14.2 Å². The van der Waals surface area contributed by atoms with Crippen molar-refractivity contribution < 1.29 is 14.2 Å². The van der Waals surface area contributed by atoms with Gasteiger partial charge in [0, 0.05) is 17.3 Å². The molecule has 6 rings (SSSR count). The number of methoxy groups -OCH3 is 1. The summed E-state index contributed by atoms with van der Waals surface area (Å²) in [6.45, 7) is 6.76. The third kappa shape index (κ3) is 6.56. The summed E-state index contributed by atoms with van der Waals surface area (Å²) in [4.78, 5) is 18.5. The molecule has 3 aromatic heterocycles. The summed E-state index contributed by atoms with van der Waals surface area (Å²) < 4.78 is 20.6. The predicted molar refractivity (Wildman–Crippen MR) is 178 cm³/mol. The molecule has 0 saturated heterocycles. The lowest BCUT2D eigenvalue weighted by Crippen LogP contribution is -2.23. The van der Waals surface area contributed by atoms with Gasteiger partial charge in [0.25, 0.3) is 5.56 Å². The van der Waals surface area contributed by atoms with Crippen LogP contribution in [0.2, 0.25) is 0 Å². The van der Waals surface area contributed by atoms with Crippen LogP contribution in [-0.4, -0.2) is 44.7 Å². The third-order valence-corrected chi connectivity index (χ3v) is 7.76. The lowest BCUT2D eigenvalue weighted by molar-refractivity contribution is 0.317. The van der Waals surface area contributed by atoms with E-state index in [4.69, 9.17) is 19.3 Å². The van der Waals surface area contributed by atoms with E-state index in [9.17, 15) is 4.79 Å². The van der Waals surface area contributed by atoms with Crippen LogP contribution in [0.3, 0.4) is 0 Å². The number of fused-ring (bicyclic) bond motifs is 1. The van der Waals surface area contributed by atoms with Gasteiger partial charge in [-0.25, -0.2) is 4.68 Å². The molecule has 0 amide bonds. The first-order valence-electron chi connectivity index (χ1n) is 14.5. The highest BCUT2D eigenvalue weighted by molar-refractivity contribution is 7.15. The van der Waals surface area contributed by atoms with Gasteiger partial charge in [-0.2, -0.15) is 14.6 Å². The Kier molecular flexibility index (Phi) is 8.84. The summed E-state index contributed by atoms with van der Waals surface area (Å²) in [5.41, 5.74) is 3.96. The van der Waals surface area contributed by atoms with Crippen molar-refractivity contribution in [3.8, 4) is 34.2 Å². The van der Waals surface area contributed by atoms with Gasteiger partial charge in [0.05, 0.1) is 23.9 Å². The molecule has 226 valence electrons. The molecule has 0 N–H and O–H groups in total. The molecule has 0 atom stereocenters. The molecule has 10 heteroatoms. The highest BCUT2D eigenvalue weighted by Gasteiger charge is 2.15. The molecule has 0 fully saturated rings. The monoisotopic (exact) mass is 617 g/mol. The Hall–Kier alpha value is -5.48. The van der Waals surface area contributed by atoms with Crippen molar-refractivity contribution in [1.29, 1.82) is 0 Å². The van der Waals surface area contributed by atoms with E-state index in [1.54, 1.807) is 19.3 Å². The van der Waals surface area contributed by atoms with Crippen LogP contribution < -0.4 is 24.3 Å². The fraction of sp³-hybridized carbons (Fsp3) is 0.143. The molecule has 3 aromatic carbocycles. The maximum atomic E-state index is 13.5. The van der Waals surface area contributed by atoms with Crippen molar-refractivity contribution in [3.05, 3.63) is 123 Å². The highest BCUT2D eigenvalue weighted by Crippen LogP contribution is 2.29. The number of thiazole rings is 1. The standard InChI is InChI=1S/C35H31N5O4S/c1-4-18-43-28-13-9-10-25(21-28)33-26(23-39(38-33)27-11-7-6-8-12-27)22-31-34(41)40-35(45-31)36-32(37-40)17-15-24-14-16-29(44-19-5-2)30(20-24)42-3/h5-17,20-23H,2,4,18-19H2,1,3H3/b17-15+,31-22-. The SMILES string of the molecule is C=CCOc1ccc(/C=C/c2nc3s/c(=C\c4cn(-c5ccccc5)nc4-c4cccc(OCCC)c4)c(=O)n3n2)cc1OC. The summed E-state index contributed by atoms with van der Waals surface area (Å²) in [5.74, 6) is 2.44. The molecule has 3 heterocycles. The van der Waals surface area contributed by atoms with E-state index in [1.807, 2.05) is 95.8 Å². The maximum Gasteiger partial charge on any atom is 0.291 e. The van der Waals surface area contributed by atoms with Crippen molar-refractivity contribution in [2.75, 3.05) is 20.3 Å². The van der Waals surface area contributed by atoms with Crippen molar-refractivity contribution in [2.45, 2.75) is 13.3 Å². The fourth-order valence-corrected chi connectivity index (χ4v) is 5.58. The Bertz CT molecular complexity index is 2100. The molecular formula is C35H31N5O4S. The van der Waals surface area contributed by atoms with Crippen LogP contribution in [0, 0.1) is 0 Å². The van der Waals surface area contributed by atoms with Crippen LogP contribution in [0.4, 0.5) is 0 Å². The van der Waals surface area contributed by atoms with Crippen LogP contribution in [0.15, 0.2) is 96.4 Å². The van der Waals surface area contributed by atoms with Crippen molar-refractivity contribution in [2.24, 2.45) is 0 Å². The van der Waals surface area contributed by atoms with E-state index in [0.29, 0.717) is 40.0 Å². The second-order valence-electron chi connectivity index (χ2n) is 10.0. The van der Waals surface area contributed by atoms with E-state index in [0.717, 1.165) is 40.2 Å². The van der Waals surface area contributed by atoms with E-state index in [1.165, 1.54) is 15.9 Å². The minimum Gasteiger partial charge on any atom is -0.494 e. The average Bonchev–Trinajstić information content (AvgIpc) is 3.77. The Morgan fingerprint density at radius 2 is 1.82 bits per heavy atom. The second-order valence-corrected chi connectivity index (χ2v) is 11.0. The van der Waals surface area contributed by atoms with Gasteiger partial charge in [0.1, 0.15) is 18.1 Å². The van der Waals surface area contributed by atoms with Crippen LogP contribution in [-0.2, 0) is 0 Å². The summed E-state index contributed by atoms with van der Waals surface area (Å²) >= 11 is 1.28. The van der Waals surface area contributed by atoms with Crippen LogP contribution in [0.1, 0.15) is 30.3 Å². The number of hydrogen-bond acceptors (Lipinski definition) is 8. The van der Waals surface area contributed by atoms with Gasteiger partial charge >= 0.3 is 0 Å². The molecule has 9 nitrogen and oxygen atoms in total. The Morgan fingerprint density at radius 1 is 0.956 bits per heavy atom. The van der Waals surface area contributed by atoms with Crippen LogP contribution >= 0.6 is 11.3 Å². The van der Waals surface area contributed by atoms with Gasteiger partial charge in [-0.3, -0.25) is 4.79 Å². The van der Waals surface area contributed by atoms with Gasteiger partial charge in [-0.05, 0) is 60.5 Å². The van der Waals surface area contributed by atoms with Gasteiger partial charge in [0.2, 0.25) is 4.96 Å². The molecule has 0 unspecified atom stereocenters. The number of benzene rings is 3. The van der Waals surface area contributed by atoms with Gasteiger partial charge in [0.15, 0.2) is 17.3 Å². The molecule has 0 bridgehead atoms. The van der Waals surface area contributed by atoms with Crippen molar-refractivity contribution in [3.63, 3.8) is 0 Å². The number of hydrogen-bond donors (Lipinski definition) is 0. The number of para-hydroxylation sites is 1. The van der Waals surface area contributed by atoms with Crippen LogP contribution in [0.5, 0.6) is 17.2 Å². The molecule has 6 aromatic rings. The molecule has 0 radical (unpaired) electrons. The Morgan fingerprint density at radius 3 is 2.60 bits per heavy atom. The van der Waals surface area contributed by atoms with Crippen LogP contribution in [0.25, 0.3) is 40.1 Å². The summed E-state index contributed by atoms with van der Waals surface area (Å²) in [5, 5.41) is 9.36. The zero-order valence-electron chi connectivity index (χ0n) is 24.9. The first-order valence-corrected chi connectivity index (χ1v) is 15.3. The topological polar surface area (TPSA) is 92.8 Å². The van der Waals surface area contributed by atoms with E-state index in [-0.39, 0.29) is 5.56 Å². The molecule has 45 heavy (non-hydrogen) atoms. The minimum atomic E-state index is -0.244. The largest absolute Gasteiger partial charge is 0.494 e. The zero-order chi connectivity index (χ0) is 31.2. The Labute approximate surface area is 264 Å². The van der Waals surface area contributed by atoms with Crippen molar-refractivity contribution in [1.82, 2.24) is 24.4 Å². The van der Waals surface area contributed by atoms with E-state index >= 15 is 0 Å². The lowest BCUT2D eigenvalue weighted by Gasteiger charge is -2.09. The molecule has 0 aliphatic heterocycles. The van der Waals surface area contributed by atoms with E-state index < -0.39 is 0 Å². The quantitative estimate of drug-likeness (QED) is 0.154. The highest BCUT2D eigenvalue weighted by atomic mass is 32.1. The molecule has 0 aliphatic carbocycles. The lowest BCUT2D eigenvalue weighted by atomic mass is 10.1. The van der Waals surface area contributed by atoms with Crippen molar-refractivity contribution >= 4 is 34.5 Å². The molecular weight excluding hydrogens is 586 g/mol. The fourth-order valence-electron chi connectivity index (χ4n) is 4.67. The number of aromatic nitrogens is 5. The number of ether oxygens (including phenoxy) is 3. The predicted octanol–water partition coefficient (Wildman–Crippen LogP) is 6.08. The number of nitrogens with zero attached hydrogens (tertiary/aromatic N) is 5. The average molecular weight is 618 g/mol. The van der Waals surface area contributed by atoms with E-state index in [2.05, 4.69) is 23.6 Å². The molecule has 0 saturated carbocycles. The summed E-state index contributed by atoms with van der Waals surface area (Å²) in [7, 11) is 1.59. The second kappa shape index (κ2) is 13.4. The van der Waals surface area contributed by atoms with Gasteiger partial charge in [-0.15, -0.1) is 5.10 Å². The first kappa shape index (κ1) is 29.6. The smallest absolute Gasteiger partial charge is 0.291 e. The third-order valence-electron chi connectivity index (χ3n) is 6.80. The molecule has 0 aliphatic rings. The normalized spacial score (nSPS) is 11.8. The maximum absolute atomic E-state index is 13.5. The summed E-state index contributed by atoms with van der Waals surface area (Å²) in [6, 6.07) is 23.3. The zero-order valence-corrected chi connectivity index (χ0v) is 25.7. The first-order chi connectivity index (χ1) is 22.1. The molecule has 0 spiro atoms. The minimum absolute atomic E-state index is 0.244.